The molecular formula is C18H19ClN2O2. The molecule has 5 heteroatoms. The zero-order valence-electron chi connectivity index (χ0n) is 13.4. The number of para-hydroxylation sites is 1. The molecule has 0 radical (unpaired) electrons. The lowest BCUT2D eigenvalue weighted by Crippen LogP contribution is -2.35. The first-order valence-corrected chi connectivity index (χ1v) is 7.63. The largest absolute Gasteiger partial charge is 0.332 e. The van der Waals surface area contributed by atoms with Crippen LogP contribution < -0.4 is 5.32 Å². The van der Waals surface area contributed by atoms with Gasteiger partial charge in [0, 0.05) is 12.6 Å². The summed E-state index contributed by atoms with van der Waals surface area (Å²) in [4.78, 5) is 25.9. The van der Waals surface area contributed by atoms with Crippen molar-refractivity contribution in [2.24, 2.45) is 0 Å². The smallest absolute Gasteiger partial charge is 0.254 e. The number of likely N-dealkylation sites (N-methyl/N-ethyl adjacent to an activating group) is 1. The highest BCUT2D eigenvalue weighted by Gasteiger charge is 2.17. The molecule has 23 heavy (non-hydrogen) atoms. The van der Waals surface area contributed by atoms with E-state index < -0.39 is 0 Å². The molecule has 2 aromatic carbocycles. The summed E-state index contributed by atoms with van der Waals surface area (Å²) in [6.45, 7) is 3.82. The van der Waals surface area contributed by atoms with Crippen LogP contribution in [0.5, 0.6) is 0 Å². The molecular weight excluding hydrogens is 312 g/mol. The van der Waals surface area contributed by atoms with Gasteiger partial charge in [0.25, 0.3) is 5.91 Å². The van der Waals surface area contributed by atoms with Crippen molar-refractivity contribution in [2.45, 2.75) is 13.8 Å². The predicted octanol–water partition coefficient (Wildman–Crippen LogP) is 3.67. The van der Waals surface area contributed by atoms with Gasteiger partial charge in [-0.3, -0.25) is 9.59 Å². The third-order valence-electron chi connectivity index (χ3n) is 3.49. The zero-order chi connectivity index (χ0) is 17.0. The van der Waals surface area contributed by atoms with Crippen molar-refractivity contribution in [3.05, 3.63) is 64.2 Å². The number of carbonyl (C=O) groups excluding carboxylic acids is 2. The van der Waals surface area contributed by atoms with Gasteiger partial charge >= 0.3 is 0 Å². The third kappa shape index (κ3) is 4.33. The first kappa shape index (κ1) is 17.0. The van der Waals surface area contributed by atoms with E-state index in [9.17, 15) is 9.59 Å². The van der Waals surface area contributed by atoms with Gasteiger partial charge in [0.15, 0.2) is 0 Å². The molecule has 0 aliphatic carbocycles. The van der Waals surface area contributed by atoms with Gasteiger partial charge in [-0.15, -0.1) is 0 Å². The van der Waals surface area contributed by atoms with E-state index in [0.29, 0.717) is 16.3 Å². The Morgan fingerprint density at radius 3 is 2.48 bits per heavy atom. The van der Waals surface area contributed by atoms with Crippen LogP contribution in [0.3, 0.4) is 0 Å². The van der Waals surface area contributed by atoms with Gasteiger partial charge in [-0.25, -0.2) is 0 Å². The normalized spacial score (nSPS) is 10.3. The van der Waals surface area contributed by atoms with Crippen molar-refractivity contribution in [3.8, 4) is 0 Å². The van der Waals surface area contributed by atoms with E-state index in [-0.39, 0.29) is 18.4 Å². The molecule has 0 spiro atoms. The van der Waals surface area contributed by atoms with Crippen molar-refractivity contribution in [1.29, 1.82) is 0 Å². The summed E-state index contributed by atoms with van der Waals surface area (Å²) < 4.78 is 0. The Bertz CT molecular complexity index is 744. The van der Waals surface area contributed by atoms with Crippen molar-refractivity contribution in [2.75, 3.05) is 18.9 Å². The minimum absolute atomic E-state index is 0.0443. The highest BCUT2D eigenvalue weighted by atomic mass is 35.5. The van der Waals surface area contributed by atoms with Gasteiger partial charge < -0.3 is 10.2 Å². The summed E-state index contributed by atoms with van der Waals surface area (Å²) in [5, 5.41) is 3.17. The molecule has 0 aliphatic rings. The number of amides is 2. The third-order valence-corrected chi connectivity index (χ3v) is 3.82. The fourth-order valence-electron chi connectivity index (χ4n) is 2.30. The van der Waals surface area contributed by atoms with Gasteiger partial charge in [0.1, 0.15) is 0 Å². The van der Waals surface area contributed by atoms with Crippen LogP contribution in [0.25, 0.3) is 0 Å². The molecule has 0 saturated carbocycles. The Morgan fingerprint density at radius 2 is 1.83 bits per heavy atom. The fraction of sp³-hybridized carbons (Fsp3) is 0.222. The summed E-state index contributed by atoms with van der Waals surface area (Å²) in [5.41, 5.74) is 3.13. The maximum atomic E-state index is 12.5. The molecule has 120 valence electrons. The van der Waals surface area contributed by atoms with E-state index in [1.165, 1.54) is 4.90 Å². The van der Waals surface area contributed by atoms with Crippen molar-refractivity contribution >= 4 is 29.1 Å². The Kier molecular flexibility index (Phi) is 5.40. The molecule has 0 bridgehead atoms. The van der Waals surface area contributed by atoms with Crippen molar-refractivity contribution < 1.29 is 9.59 Å². The highest BCUT2D eigenvalue weighted by molar-refractivity contribution is 6.33. The lowest BCUT2D eigenvalue weighted by Gasteiger charge is -2.18. The molecule has 0 fully saturated rings. The van der Waals surface area contributed by atoms with Crippen LogP contribution in [0.2, 0.25) is 5.02 Å². The van der Waals surface area contributed by atoms with Gasteiger partial charge in [0.2, 0.25) is 5.91 Å². The average Bonchev–Trinajstić information content (AvgIpc) is 2.49. The Labute approximate surface area is 141 Å². The van der Waals surface area contributed by atoms with Crippen molar-refractivity contribution in [3.63, 3.8) is 0 Å². The molecule has 1 N–H and O–H groups in total. The lowest BCUT2D eigenvalue weighted by molar-refractivity contribution is -0.116. The molecule has 0 saturated heterocycles. The standard InChI is InChI=1S/C18H19ClN2O2/c1-12-8-9-14(13(2)10-12)18(23)21(3)11-17(22)20-16-7-5-4-6-15(16)19/h4-10H,11H2,1-3H3,(H,20,22). The summed E-state index contributed by atoms with van der Waals surface area (Å²) >= 11 is 6.00. The lowest BCUT2D eigenvalue weighted by atomic mass is 10.0. The number of nitrogens with zero attached hydrogens (tertiary/aromatic N) is 1. The summed E-state index contributed by atoms with van der Waals surface area (Å²) in [7, 11) is 1.60. The number of halogens is 1. The second-order valence-corrected chi connectivity index (χ2v) is 5.91. The first-order valence-electron chi connectivity index (χ1n) is 7.25. The molecule has 0 heterocycles. The fourth-order valence-corrected chi connectivity index (χ4v) is 2.48. The summed E-state index contributed by atoms with van der Waals surface area (Å²) in [5.74, 6) is -0.476. The predicted molar refractivity (Wildman–Crippen MR) is 93.0 cm³/mol. The maximum Gasteiger partial charge on any atom is 0.254 e. The van der Waals surface area contributed by atoms with Crippen LogP contribution in [0.4, 0.5) is 5.69 Å². The second kappa shape index (κ2) is 7.29. The van der Waals surface area contributed by atoms with Crippen LogP contribution in [-0.2, 0) is 4.79 Å². The molecule has 0 unspecified atom stereocenters. The first-order chi connectivity index (χ1) is 10.9. The van der Waals surface area contributed by atoms with Crippen LogP contribution in [0, 0.1) is 13.8 Å². The summed E-state index contributed by atoms with van der Waals surface area (Å²) in [6, 6.07) is 12.6. The van der Waals surface area contributed by atoms with Crippen LogP contribution in [0.1, 0.15) is 21.5 Å². The van der Waals surface area contributed by atoms with Crippen molar-refractivity contribution in [1.82, 2.24) is 4.90 Å². The van der Waals surface area contributed by atoms with E-state index in [1.54, 1.807) is 37.4 Å². The number of aryl methyl sites for hydroxylation is 2. The van der Waals surface area contributed by atoms with E-state index in [4.69, 9.17) is 11.6 Å². The van der Waals surface area contributed by atoms with E-state index in [1.807, 2.05) is 26.0 Å². The van der Waals surface area contributed by atoms with E-state index in [0.717, 1.165) is 11.1 Å². The van der Waals surface area contributed by atoms with Gasteiger partial charge in [-0.2, -0.15) is 0 Å². The van der Waals surface area contributed by atoms with Gasteiger partial charge in [0.05, 0.1) is 17.3 Å². The zero-order valence-corrected chi connectivity index (χ0v) is 14.1. The minimum Gasteiger partial charge on any atom is -0.332 e. The second-order valence-electron chi connectivity index (χ2n) is 5.51. The van der Waals surface area contributed by atoms with E-state index >= 15 is 0 Å². The quantitative estimate of drug-likeness (QED) is 0.930. The highest BCUT2D eigenvalue weighted by Crippen LogP contribution is 2.20. The molecule has 0 aliphatic heterocycles. The number of anilines is 1. The van der Waals surface area contributed by atoms with Gasteiger partial charge in [-0.05, 0) is 37.6 Å². The Hall–Kier alpha value is -2.33. The number of carbonyl (C=O) groups is 2. The number of rotatable bonds is 4. The van der Waals surface area contributed by atoms with Crippen LogP contribution in [-0.4, -0.2) is 30.3 Å². The van der Waals surface area contributed by atoms with Crippen LogP contribution in [0.15, 0.2) is 42.5 Å². The number of nitrogens with one attached hydrogen (secondary N) is 1. The minimum atomic E-state index is -0.293. The molecule has 2 aromatic rings. The molecule has 2 rings (SSSR count). The van der Waals surface area contributed by atoms with Gasteiger partial charge in [-0.1, -0.05) is 41.4 Å². The number of hydrogen-bond acceptors (Lipinski definition) is 2. The molecule has 2 amide bonds. The van der Waals surface area contributed by atoms with Crippen LogP contribution >= 0.6 is 11.6 Å². The molecule has 0 atom stereocenters. The Balaban J connectivity index is 2.03. The van der Waals surface area contributed by atoms with E-state index in [2.05, 4.69) is 5.32 Å². The summed E-state index contributed by atoms with van der Waals surface area (Å²) in [6.07, 6.45) is 0. The average molecular weight is 331 g/mol. The number of hydrogen-bond donors (Lipinski definition) is 1. The molecule has 4 nitrogen and oxygen atoms in total. The molecule has 0 aromatic heterocycles. The monoisotopic (exact) mass is 330 g/mol. The maximum absolute atomic E-state index is 12.5. The SMILES string of the molecule is Cc1ccc(C(=O)N(C)CC(=O)Nc2ccccc2Cl)c(C)c1. The number of benzene rings is 2. The topological polar surface area (TPSA) is 49.4 Å². The Morgan fingerprint density at radius 1 is 1.13 bits per heavy atom.